The van der Waals surface area contributed by atoms with Crippen LogP contribution in [0.2, 0.25) is 5.02 Å². The van der Waals surface area contributed by atoms with E-state index in [9.17, 15) is 4.79 Å². The third-order valence-electron chi connectivity index (χ3n) is 4.27. The van der Waals surface area contributed by atoms with Crippen molar-refractivity contribution in [3.8, 4) is 5.75 Å². The molecular weight excluding hydrogens is 340 g/mol. The first-order chi connectivity index (χ1) is 12.1. The van der Waals surface area contributed by atoms with Gasteiger partial charge in [-0.3, -0.25) is 4.79 Å². The summed E-state index contributed by atoms with van der Waals surface area (Å²) in [6.45, 7) is 3.49. The molecule has 2 heterocycles. The molecule has 6 nitrogen and oxygen atoms in total. The number of amides is 1. The molecule has 1 aromatic heterocycles. The number of carbonyl (C=O) groups excluding carboxylic acids is 1. The zero-order valence-corrected chi connectivity index (χ0v) is 15.1. The minimum absolute atomic E-state index is 0.0515. The van der Waals surface area contributed by atoms with Gasteiger partial charge in [-0.25, -0.2) is 9.97 Å². The second-order valence-electron chi connectivity index (χ2n) is 6.07. The molecule has 1 aromatic carbocycles. The maximum atomic E-state index is 12.6. The molecule has 0 spiro atoms. The van der Waals surface area contributed by atoms with E-state index in [1.807, 2.05) is 17.9 Å². The summed E-state index contributed by atoms with van der Waals surface area (Å²) in [4.78, 5) is 22.8. The van der Waals surface area contributed by atoms with Gasteiger partial charge in [0.1, 0.15) is 23.6 Å². The summed E-state index contributed by atoms with van der Waals surface area (Å²) in [5, 5.41) is 3.81. The average Bonchev–Trinajstić information content (AvgIpc) is 2.65. The maximum absolute atomic E-state index is 12.6. The largest absolute Gasteiger partial charge is 0.495 e. The number of methoxy groups -OCH3 is 1. The van der Waals surface area contributed by atoms with Crippen molar-refractivity contribution < 1.29 is 9.53 Å². The van der Waals surface area contributed by atoms with E-state index in [0.717, 1.165) is 37.2 Å². The molecule has 0 saturated carbocycles. The minimum Gasteiger partial charge on any atom is -0.495 e. The first-order valence-electron chi connectivity index (χ1n) is 8.31. The monoisotopic (exact) mass is 360 g/mol. The van der Waals surface area contributed by atoms with Gasteiger partial charge in [0.15, 0.2) is 0 Å². The van der Waals surface area contributed by atoms with E-state index in [1.54, 1.807) is 19.2 Å². The molecule has 132 valence electrons. The minimum atomic E-state index is -0.0515. The van der Waals surface area contributed by atoms with Crippen molar-refractivity contribution in [1.29, 1.82) is 0 Å². The zero-order chi connectivity index (χ0) is 17.8. The number of ether oxygens (including phenoxy) is 1. The second kappa shape index (κ2) is 7.70. The number of aryl methyl sites for hydroxylation is 1. The number of hydrogen-bond acceptors (Lipinski definition) is 5. The molecule has 0 bridgehead atoms. The summed E-state index contributed by atoms with van der Waals surface area (Å²) in [5.41, 5.74) is 2.05. The molecule has 0 atom stereocenters. The highest BCUT2D eigenvalue weighted by atomic mass is 35.5. The van der Waals surface area contributed by atoms with Crippen molar-refractivity contribution in [1.82, 2.24) is 14.9 Å². The number of benzene rings is 1. The van der Waals surface area contributed by atoms with Crippen LogP contribution in [0.4, 0.5) is 11.5 Å². The summed E-state index contributed by atoms with van der Waals surface area (Å²) >= 11 is 6.14. The molecule has 1 fully saturated rings. The molecule has 1 aliphatic rings. The summed E-state index contributed by atoms with van der Waals surface area (Å²) in [6.07, 6.45) is 4.66. The van der Waals surface area contributed by atoms with Crippen molar-refractivity contribution in [2.45, 2.75) is 26.2 Å². The zero-order valence-electron chi connectivity index (χ0n) is 14.4. The second-order valence-corrected chi connectivity index (χ2v) is 6.48. The lowest BCUT2D eigenvalue weighted by Crippen LogP contribution is -2.36. The van der Waals surface area contributed by atoms with E-state index in [2.05, 4.69) is 15.3 Å². The van der Waals surface area contributed by atoms with Crippen molar-refractivity contribution in [3.63, 3.8) is 0 Å². The predicted molar refractivity (Wildman–Crippen MR) is 97.8 cm³/mol. The molecule has 2 aromatic rings. The summed E-state index contributed by atoms with van der Waals surface area (Å²) < 4.78 is 5.36. The standard InChI is InChI=1S/C18H21ClN4O2/c1-12-8-14(16(25-2)9-13(12)19)22-17-10-15(20-11-21-17)18(24)23-6-4-3-5-7-23/h8-11H,3-7H2,1-2H3,(H,20,21,22). The molecule has 1 amide bonds. The molecule has 1 saturated heterocycles. The molecular formula is C18H21ClN4O2. The van der Waals surface area contributed by atoms with Gasteiger partial charge in [0.25, 0.3) is 5.91 Å². The normalized spacial score (nSPS) is 14.3. The lowest BCUT2D eigenvalue weighted by atomic mass is 10.1. The van der Waals surface area contributed by atoms with Crippen molar-refractivity contribution in [3.05, 3.63) is 40.8 Å². The van der Waals surface area contributed by atoms with Gasteiger partial charge >= 0.3 is 0 Å². The number of anilines is 2. The Morgan fingerprint density at radius 2 is 1.96 bits per heavy atom. The fraction of sp³-hybridized carbons (Fsp3) is 0.389. The number of nitrogens with zero attached hydrogens (tertiary/aromatic N) is 3. The van der Waals surface area contributed by atoms with Crippen LogP contribution < -0.4 is 10.1 Å². The van der Waals surface area contributed by atoms with Crippen LogP contribution in [0.25, 0.3) is 0 Å². The first kappa shape index (κ1) is 17.5. The Morgan fingerprint density at radius 1 is 1.20 bits per heavy atom. The summed E-state index contributed by atoms with van der Waals surface area (Å²) in [7, 11) is 1.58. The third-order valence-corrected chi connectivity index (χ3v) is 4.68. The van der Waals surface area contributed by atoms with Gasteiger partial charge in [0, 0.05) is 30.2 Å². The number of rotatable bonds is 4. The number of nitrogens with one attached hydrogen (secondary N) is 1. The Hall–Kier alpha value is -2.34. The molecule has 0 radical (unpaired) electrons. The Kier molecular flexibility index (Phi) is 5.38. The quantitative estimate of drug-likeness (QED) is 0.897. The lowest BCUT2D eigenvalue weighted by Gasteiger charge is -2.26. The topological polar surface area (TPSA) is 67.3 Å². The highest BCUT2D eigenvalue weighted by Crippen LogP contribution is 2.32. The Labute approximate surface area is 152 Å². The van der Waals surface area contributed by atoms with Crippen LogP contribution in [0.5, 0.6) is 5.75 Å². The van der Waals surface area contributed by atoms with Gasteiger partial charge in [-0.15, -0.1) is 0 Å². The number of carbonyl (C=O) groups is 1. The van der Waals surface area contributed by atoms with Crippen LogP contribution in [0.3, 0.4) is 0 Å². The summed E-state index contributed by atoms with van der Waals surface area (Å²) in [6, 6.07) is 5.30. The Balaban J connectivity index is 1.82. The SMILES string of the molecule is COc1cc(Cl)c(C)cc1Nc1cc(C(=O)N2CCCCC2)ncn1. The van der Waals surface area contributed by atoms with Crippen LogP contribution in [0.15, 0.2) is 24.5 Å². The highest BCUT2D eigenvalue weighted by Gasteiger charge is 2.20. The Bertz CT molecular complexity index is 776. The van der Waals surface area contributed by atoms with Crippen molar-refractivity contribution in [2.24, 2.45) is 0 Å². The van der Waals surface area contributed by atoms with Crippen LogP contribution in [-0.2, 0) is 0 Å². The molecule has 1 aliphatic heterocycles. The van der Waals surface area contributed by atoms with Gasteiger partial charge in [0.05, 0.1) is 12.8 Å². The molecule has 3 rings (SSSR count). The van der Waals surface area contributed by atoms with Gasteiger partial charge in [-0.2, -0.15) is 0 Å². The third kappa shape index (κ3) is 4.02. The van der Waals surface area contributed by atoms with Gasteiger partial charge in [-0.1, -0.05) is 11.6 Å². The number of likely N-dealkylation sites (tertiary alicyclic amines) is 1. The van der Waals surface area contributed by atoms with Crippen LogP contribution in [0, 0.1) is 6.92 Å². The fourth-order valence-electron chi connectivity index (χ4n) is 2.87. The summed E-state index contributed by atoms with van der Waals surface area (Å²) in [5.74, 6) is 1.10. The molecule has 0 aliphatic carbocycles. The fourth-order valence-corrected chi connectivity index (χ4v) is 3.02. The maximum Gasteiger partial charge on any atom is 0.272 e. The number of aromatic nitrogens is 2. The van der Waals surface area contributed by atoms with Gasteiger partial charge in [0.2, 0.25) is 0 Å². The van der Waals surface area contributed by atoms with Crippen molar-refractivity contribution in [2.75, 3.05) is 25.5 Å². The smallest absolute Gasteiger partial charge is 0.272 e. The number of hydrogen-bond donors (Lipinski definition) is 1. The van der Waals surface area contributed by atoms with Crippen molar-refractivity contribution >= 4 is 29.0 Å². The van der Waals surface area contributed by atoms with E-state index >= 15 is 0 Å². The highest BCUT2D eigenvalue weighted by molar-refractivity contribution is 6.31. The van der Waals surface area contributed by atoms with Gasteiger partial charge in [-0.05, 0) is 37.8 Å². The average molecular weight is 361 g/mol. The van der Waals surface area contributed by atoms with E-state index in [4.69, 9.17) is 16.3 Å². The first-order valence-corrected chi connectivity index (χ1v) is 8.69. The molecule has 0 unspecified atom stereocenters. The number of piperidine rings is 1. The van der Waals surface area contributed by atoms with E-state index in [1.165, 1.54) is 12.7 Å². The predicted octanol–water partition coefficient (Wildman–Crippen LogP) is 3.82. The molecule has 25 heavy (non-hydrogen) atoms. The van der Waals surface area contributed by atoms with E-state index in [-0.39, 0.29) is 5.91 Å². The number of halogens is 1. The Morgan fingerprint density at radius 3 is 2.68 bits per heavy atom. The van der Waals surface area contributed by atoms with E-state index in [0.29, 0.717) is 22.3 Å². The van der Waals surface area contributed by atoms with Crippen LogP contribution in [-0.4, -0.2) is 41.0 Å². The van der Waals surface area contributed by atoms with Crippen LogP contribution in [0.1, 0.15) is 35.3 Å². The lowest BCUT2D eigenvalue weighted by molar-refractivity contribution is 0.0718. The van der Waals surface area contributed by atoms with Crippen LogP contribution >= 0.6 is 11.6 Å². The van der Waals surface area contributed by atoms with E-state index < -0.39 is 0 Å². The molecule has 7 heteroatoms. The molecule has 1 N–H and O–H groups in total. The van der Waals surface area contributed by atoms with Gasteiger partial charge < -0.3 is 15.0 Å².